The summed E-state index contributed by atoms with van der Waals surface area (Å²) in [5.74, 6) is -0.0874. The number of halogens is 1. The smallest absolute Gasteiger partial charge is 0.0870 e. The van der Waals surface area contributed by atoms with Crippen LogP contribution in [0, 0.1) is 0 Å². The van der Waals surface area contributed by atoms with Crippen LogP contribution in [0.5, 0.6) is 0 Å². The van der Waals surface area contributed by atoms with Crippen LogP contribution in [0.3, 0.4) is 0 Å². The van der Waals surface area contributed by atoms with E-state index in [-0.39, 0.29) is 5.92 Å². The Hall–Kier alpha value is -1.16. The van der Waals surface area contributed by atoms with Crippen molar-refractivity contribution in [2.24, 2.45) is 5.73 Å². The second-order valence-corrected chi connectivity index (χ2v) is 5.85. The Bertz CT molecular complexity index is 536. The molecule has 0 heterocycles. The van der Waals surface area contributed by atoms with Crippen molar-refractivity contribution < 1.29 is 5.11 Å². The van der Waals surface area contributed by atoms with Crippen LogP contribution >= 0.6 is 15.9 Å². The summed E-state index contributed by atoms with van der Waals surface area (Å²) in [5, 5.41) is 10.6. The SMILES string of the molecule is CCc1ccc(C(O)C(CN)c2ccc(Br)cc2)cc1. The highest BCUT2D eigenvalue weighted by Gasteiger charge is 2.21. The molecule has 0 aliphatic rings. The first-order valence-corrected chi connectivity index (χ1v) is 7.67. The molecule has 0 amide bonds. The highest BCUT2D eigenvalue weighted by molar-refractivity contribution is 9.10. The average Bonchev–Trinajstić information content (AvgIpc) is 2.50. The van der Waals surface area contributed by atoms with Crippen molar-refractivity contribution in [1.82, 2.24) is 0 Å². The van der Waals surface area contributed by atoms with Crippen molar-refractivity contribution in [3.8, 4) is 0 Å². The molecule has 0 radical (unpaired) electrons. The number of aliphatic hydroxyl groups excluding tert-OH is 1. The second kappa shape index (κ2) is 7.02. The van der Waals surface area contributed by atoms with Gasteiger partial charge in [0.25, 0.3) is 0 Å². The second-order valence-electron chi connectivity index (χ2n) is 4.93. The molecular formula is C17H20BrNO. The summed E-state index contributed by atoms with van der Waals surface area (Å²) in [7, 11) is 0. The largest absolute Gasteiger partial charge is 0.388 e. The van der Waals surface area contributed by atoms with Crippen molar-refractivity contribution in [3.05, 3.63) is 69.7 Å². The van der Waals surface area contributed by atoms with E-state index in [2.05, 4.69) is 35.0 Å². The van der Waals surface area contributed by atoms with Crippen molar-refractivity contribution >= 4 is 15.9 Å². The number of rotatable bonds is 5. The summed E-state index contributed by atoms with van der Waals surface area (Å²) in [6.07, 6.45) is 0.427. The number of nitrogens with two attached hydrogens (primary N) is 1. The first-order chi connectivity index (χ1) is 9.65. The third-order valence-electron chi connectivity index (χ3n) is 3.66. The van der Waals surface area contributed by atoms with Gasteiger partial charge in [0.2, 0.25) is 0 Å². The minimum absolute atomic E-state index is 0.0874. The van der Waals surface area contributed by atoms with Crippen LogP contribution in [0.2, 0.25) is 0 Å². The maximum atomic E-state index is 10.6. The lowest BCUT2D eigenvalue weighted by Crippen LogP contribution is -2.20. The summed E-state index contributed by atoms with van der Waals surface area (Å²) in [5.41, 5.74) is 9.11. The van der Waals surface area contributed by atoms with Gasteiger partial charge in [0, 0.05) is 16.9 Å². The Morgan fingerprint density at radius 1 is 1.00 bits per heavy atom. The molecule has 0 spiro atoms. The van der Waals surface area contributed by atoms with Gasteiger partial charge in [-0.1, -0.05) is 59.3 Å². The van der Waals surface area contributed by atoms with Gasteiger partial charge in [0.15, 0.2) is 0 Å². The molecule has 2 aromatic carbocycles. The van der Waals surface area contributed by atoms with Crippen LogP contribution in [-0.4, -0.2) is 11.7 Å². The van der Waals surface area contributed by atoms with Crippen molar-refractivity contribution in [2.75, 3.05) is 6.54 Å². The molecule has 2 unspecified atom stereocenters. The number of hydrogen-bond acceptors (Lipinski definition) is 2. The Kier molecular flexibility index (Phi) is 5.35. The molecule has 0 bridgehead atoms. The Balaban J connectivity index is 2.23. The van der Waals surface area contributed by atoms with E-state index < -0.39 is 6.10 Å². The van der Waals surface area contributed by atoms with Gasteiger partial charge in [-0.2, -0.15) is 0 Å². The molecule has 0 aromatic heterocycles. The van der Waals surface area contributed by atoms with E-state index in [4.69, 9.17) is 5.73 Å². The lowest BCUT2D eigenvalue weighted by molar-refractivity contribution is 0.147. The van der Waals surface area contributed by atoms with Gasteiger partial charge in [-0.05, 0) is 35.2 Å². The standard InChI is InChI=1S/C17H20BrNO/c1-2-12-3-5-14(6-4-12)17(20)16(11-19)13-7-9-15(18)10-8-13/h3-10,16-17,20H,2,11,19H2,1H3. The summed E-state index contributed by atoms with van der Waals surface area (Å²) in [6.45, 7) is 2.54. The monoisotopic (exact) mass is 333 g/mol. The molecule has 0 fully saturated rings. The summed E-state index contributed by atoms with van der Waals surface area (Å²) < 4.78 is 1.03. The van der Waals surface area contributed by atoms with E-state index in [1.807, 2.05) is 36.4 Å². The molecule has 2 rings (SSSR count). The lowest BCUT2D eigenvalue weighted by atomic mass is 9.89. The van der Waals surface area contributed by atoms with Gasteiger partial charge in [0.1, 0.15) is 0 Å². The highest BCUT2D eigenvalue weighted by atomic mass is 79.9. The van der Waals surface area contributed by atoms with Gasteiger partial charge in [-0.3, -0.25) is 0 Å². The van der Waals surface area contributed by atoms with Crippen LogP contribution in [0.1, 0.15) is 35.6 Å². The van der Waals surface area contributed by atoms with Crippen LogP contribution in [0.25, 0.3) is 0 Å². The molecule has 0 saturated carbocycles. The number of aryl methyl sites for hydroxylation is 1. The lowest BCUT2D eigenvalue weighted by Gasteiger charge is -2.22. The molecule has 3 heteroatoms. The zero-order valence-corrected chi connectivity index (χ0v) is 13.2. The first-order valence-electron chi connectivity index (χ1n) is 6.88. The van der Waals surface area contributed by atoms with E-state index in [1.165, 1.54) is 5.56 Å². The molecule has 2 nitrogen and oxygen atoms in total. The predicted molar refractivity (Wildman–Crippen MR) is 86.7 cm³/mol. The van der Waals surface area contributed by atoms with E-state index in [1.54, 1.807) is 0 Å². The molecule has 2 aromatic rings. The minimum Gasteiger partial charge on any atom is -0.388 e. The molecule has 20 heavy (non-hydrogen) atoms. The summed E-state index contributed by atoms with van der Waals surface area (Å²) >= 11 is 3.42. The van der Waals surface area contributed by atoms with Crippen LogP contribution in [0.4, 0.5) is 0 Å². The fourth-order valence-electron chi connectivity index (χ4n) is 2.34. The molecule has 106 valence electrons. The average molecular weight is 334 g/mol. The van der Waals surface area contributed by atoms with Gasteiger partial charge in [0.05, 0.1) is 6.10 Å². The van der Waals surface area contributed by atoms with E-state index in [9.17, 15) is 5.11 Å². The Morgan fingerprint density at radius 2 is 1.55 bits per heavy atom. The fourth-order valence-corrected chi connectivity index (χ4v) is 2.60. The summed E-state index contributed by atoms with van der Waals surface area (Å²) in [6, 6.07) is 16.1. The molecule has 2 atom stereocenters. The van der Waals surface area contributed by atoms with Crippen molar-refractivity contribution in [3.63, 3.8) is 0 Å². The van der Waals surface area contributed by atoms with Gasteiger partial charge >= 0.3 is 0 Å². The molecule has 3 N–H and O–H groups in total. The van der Waals surface area contributed by atoms with E-state index in [0.717, 1.165) is 22.0 Å². The zero-order chi connectivity index (χ0) is 14.5. The predicted octanol–water partition coefficient (Wildman–Crippen LogP) is 3.79. The molecule has 0 aliphatic carbocycles. The van der Waals surface area contributed by atoms with Crippen LogP contribution in [0.15, 0.2) is 53.0 Å². The normalized spacial score (nSPS) is 14.0. The Morgan fingerprint density at radius 3 is 2.05 bits per heavy atom. The molecule has 0 saturated heterocycles. The third kappa shape index (κ3) is 3.48. The minimum atomic E-state index is -0.577. The Labute approximate surface area is 128 Å². The van der Waals surface area contributed by atoms with E-state index in [0.29, 0.717) is 6.54 Å². The topological polar surface area (TPSA) is 46.2 Å². The van der Waals surface area contributed by atoms with Gasteiger partial charge < -0.3 is 10.8 Å². The van der Waals surface area contributed by atoms with Gasteiger partial charge in [-0.15, -0.1) is 0 Å². The van der Waals surface area contributed by atoms with Crippen LogP contribution < -0.4 is 5.73 Å². The van der Waals surface area contributed by atoms with E-state index >= 15 is 0 Å². The first kappa shape index (κ1) is 15.2. The quantitative estimate of drug-likeness (QED) is 0.874. The highest BCUT2D eigenvalue weighted by Crippen LogP contribution is 2.31. The maximum Gasteiger partial charge on any atom is 0.0870 e. The number of aliphatic hydroxyl groups is 1. The molecule has 0 aliphatic heterocycles. The van der Waals surface area contributed by atoms with Gasteiger partial charge in [-0.25, -0.2) is 0 Å². The maximum absolute atomic E-state index is 10.6. The number of benzene rings is 2. The van der Waals surface area contributed by atoms with Crippen molar-refractivity contribution in [1.29, 1.82) is 0 Å². The third-order valence-corrected chi connectivity index (χ3v) is 4.19. The molecular weight excluding hydrogens is 314 g/mol. The number of hydrogen-bond donors (Lipinski definition) is 2. The summed E-state index contributed by atoms with van der Waals surface area (Å²) in [4.78, 5) is 0. The fraction of sp³-hybridized carbons (Fsp3) is 0.294. The van der Waals surface area contributed by atoms with Crippen molar-refractivity contribution in [2.45, 2.75) is 25.4 Å². The van der Waals surface area contributed by atoms with Crippen LogP contribution in [-0.2, 0) is 6.42 Å². The zero-order valence-electron chi connectivity index (χ0n) is 11.6.